The molecule has 0 saturated carbocycles. The molecular weight excluding hydrogens is 366 g/mol. The number of benzene rings is 2. The smallest absolute Gasteiger partial charge is 0.307 e. The number of hydrogen-bond acceptors (Lipinski definition) is 4. The topological polar surface area (TPSA) is 39.2 Å². The van der Waals surface area contributed by atoms with Gasteiger partial charge in [0.25, 0.3) is 0 Å². The van der Waals surface area contributed by atoms with E-state index in [0.29, 0.717) is 17.2 Å². The molecule has 3 nitrogen and oxygen atoms in total. The standard InChI is InChI=1S/C21H18ClNO2S/c22-17-9-11-18(12-10-17)26-15-13-20(24)25-21(16-6-2-1-3-7-16)19-8-4-5-14-23-19/h1-12,14,21H,13,15H2. The number of aromatic nitrogens is 1. The number of rotatable bonds is 7. The SMILES string of the molecule is O=C(CCSc1ccc(Cl)cc1)OC(c1ccccc1)c1ccccn1. The highest BCUT2D eigenvalue weighted by molar-refractivity contribution is 7.99. The lowest BCUT2D eigenvalue weighted by Gasteiger charge is -2.18. The number of pyridine rings is 1. The molecule has 0 bridgehead atoms. The summed E-state index contributed by atoms with van der Waals surface area (Å²) in [4.78, 5) is 17.8. The lowest BCUT2D eigenvalue weighted by molar-refractivity contribution is -0.147. The van der Waals surface area contributed by atoms with Gasteiger partial charge in [-0.1, -0.05) is 48.0 Å². The molecule has 1 unspecified atom stereocenters. The van der Waals surface area contributed by atoms with E-state index in [-0.39, 0.29) is 5.97 Å². The summed E-state index contributed by atoms with van der Waals surface area (Å²) in [6, 6.07) is 22.8. The number of nitrogens with zero attached hydrogens (tertiary/aromatic N) is 1. The van der Waals surface area contributed by atoms with Crippen molar-refractivity contribution in [1.82, 2.24) is 4.98 Å². The van der Waals surface area contributed by atoms with E-state index in [9.17, 15) is 4.79 Å². The van der Waals surface area contributed by atoms with Crippen molar-refractivity contribution < 1.29 is 9.53 Å². The van der Waals surface area contributed by atoms with Crippen molar-refractivity contribution in [3.05, 3.63) is 95.3 Å². The molecule has 0 radical (unpaired) electrons. The number of thioether (sulfide) groups is 1. The van der Waals surface area contributed by atoms with Crippen LogP contribution in [0.25, 0.3) is 0 Å². The van der Waals surface area contributed by atoms with Crippen molar-refractivity contribution in [1.29, 1.82) is 0 Å². The van der Waals surface area contributed by atoms with Crippen molar-refractivity contribution in [3.63, 3.8) is 0 Å². The molecule has 2 aromatic carbocycles. The Kier molecular flexibility index (Phi) is 6.69. The lowest BCUT2D eigenvalue weighted by atomic mass is 10.1. The Hall–Kier alpha value is -2.30. The Labute approximate surface area is 162 Å². The van der Waals surface area contributed by atoms with E-state index in [4.69, 9.17) is 16.3 Å². The van der Waals surface area contributed by atoms with Crippen LogP contribution in [-0.4, -0.2) is 16.7 Å². The van der Waals surface area contributed by atoms with Crippen LogP contribution in [-0.2, 0) is 9.53 Å². The molecule has 132 valence electrons. The average molecular weight is 384 g/mol. The Morgan fingerprint density at radius 1 is 1.00 bits per heavy atom. The first-order valence-electron chi connectivity index (χ1n) is 8.26. The lowest BCUT2D eigenvalue weighted by Crippen LogP contribution is -2.14. The van der Waals surface area contributed by atoms with Crippen LogP contribution in [0, 0.1) is 0 Å². The number of carbonyl (C=O) groups is 1. The van der Waals surface area contributed by atoms with E-state index < -0.39 is 6.10 Å². The van der Waals surface area contributed by atoms with Gasteiger partial charge >= 0.3 is 5.97 Å². The first-order valence-corrected chi connectivity index (χ1v) is 9.62. The maximum Gasteiger partial charge on any atom is 0.307 e. The van der Waals surface area contributed by atoms with E-state index in [2.05, 4.69) is 4.98 Å². The molecule has 0 aliphatic rings. The second kappa shape index (κ2) is 9.41. The normalized spacial score (nSPS) is 11.7. The maximum atomic E-state index is 12.4. The van der Waals surface area contributed by atoms with Crippen LogP contribution in [0.3, 0.4) is 0 Å². The van der Waals surface area contributed by atoms with Crippen LogP contribution >= 0.6 is 23.4 Å². The molecule has 26 heavy (non-hydrogen) atoms. The van der Waals surface area contributed by atoms with Gasteiger partial charge in [-0.25, -0.2) is 0 Å². The third-order valence-electron chi connectivity index (χ3n) is 3.70. The molecule has 1 atom stereocenters. The molecule has 0 amide bonds. The van der Waals surface area contributed by atoms with Crippen molar-refractivity contribution in [2.45, 2.75) is 17.4 Å². The van der Waals surface area contributed by atoms with Gasteiger partial charge in [-0.15, -0.1) is 11.8 Å². The highest BCUT2D eigenvalue weighted by Gasteiger charge is 2.19. The molecule has 0 aliphatic heterocycles. The number of esters is 1. The summed E-state index contributed by atoms with van der Waals surface area (Å²) in [6.07, 6.45) is 1.53. The van der Waals surface area contributed by atoms with Gasteiger partial charge in [-0.3, -0.25) is 9.78 Å². The van der Waals surface area contributed by atoms with Crippen LogP contribution in [0.1, 0.15) is 23.8 Å². The highest BCUT2D eigenvalue weighted by Crippen LogP contribution is 2.26. The van der Waals surface area contributed by atoms with Gasteiger partial charge in [0.2, 0.25) is 0 Å². The molecule has 3 aromatic rings. The van der Waals surface area contributed by atoms with E-state index >= 15 is 0 Å². The van der Waals surface area contributed by atoms with Crippen LogP contribution in [0.5, 0.6) is 0 Å². The molecule has 3 rings (SSSR count). The largest absolute Gasteiger partial charge is 0.451 e. The first kappa shape index (κ1) is 18.5. The van der Waals surface area contributed by atoms with Crippen LogP contribution in [0.15, 0.2) is 83.9 Å². The number of carbonyl (C=O) groups excluding carboxylic acids is 1. The van der Waals surface area contributed by atoms with E-state index in [1.54, 1.807) is 18.0 Å². The second-order valence-electron chi connectivity index (χ2n) is 5.59. The zero-order valence-electron chi connectivity index (χ0n) is 14.0. The van der Waals surface area contributed by atoms with Crippen molar-refractivity contribution in [3.8, 4) is 0 Å². The summed E-state index contributed by atoms with van der Waals surface area (Å²) >= 11 is 7.48. The molecule has 5 heteroatoms. The highest BCUT2D eigenvalue weighted by atomic mass is 35.5. The van der Waals surface area contributed by atoms with Crippen molar-refractivity contribution in [2.75, 3.05) is 5.75 Å². The summed E-state index contributed by atoms with van der Waals surface area (Å²) in [5.74, 6) is 0.399. The van der Waals surface area contributed by atoms with Crippen LogP contribution in [0.4, 0.5) is 0 Å². The number of halogens is 1. The Morgan fingerprint density at radius 2 is 1.73 bits per heavy atom. The zero-order chi connectivity index (χ0) is 18.2. The third kappa shape index (κ3) is 5.35. The third-order valence-corrected chi connectivity index (χ3v) is 4.96. The summed E-state index contributed by atoms with van der Waals surface area (Å²) in [6.45, 7) is 0. The number of ether oxygens (including phenoxy) is 1. The number of hydrogen-bond donors (Lipinski definition) is 0. The molecule has 0 fully saturated rings. The Bertz CT molecular complexity index is 786. The predicted molar refractivity (Wildman–Crippen MR) is 105 cm³/mol. The van der Waals surface area contributed by atoms with Crippen LogP contribution in [0.2, 0.25) is 5.02 Å². The summed E-state index contributed by atoms with van der Waals surface area (Å²) in [5.41, 5.74) is 1.63. The molecule has 1 aromatic heterocycles. The van der Waals surface area contributed by atoms with E-state index in [1.165, 1.54) is 0 Å². The first-order chi connectivity index (χ1) is 12.7. The molecular formula is C21H18ClNO2S. The van der Waals surface area contributed by atoms with Gasteiger partial charge in [0.05, 0.1) is 12.1 Å². The Morgan fingerprint density at radius 3 is 2.42 bits per heavy atom. The fourth-order valence-electron chi connectivity index (χ4n) is 2.43. The van der Waals surface area contributed by atoms with Gasteiger partial charge in [0.1, 0.15) is 0 Å². The minimum atomic E-state index is -0.495. The quantitative estimate of drug-likeness (QED) is 0.396. The molecule has 1 heterocycles. The molecule has 0 saturated heterocycles. The van der Waals surface area contributed by atoms with E-state index in [1.807, 2.05) is 72.8 Å². The van der Waals surface area contributed by atoms with Gasteiger partial charge in [0, 0.05) is 21.9 Å². The summed E-state index contributed by atoms with van der Waals surface area (Å²) < 4.78 is 5.74. The second-order valence-corrected chi connectivity index (χ2v) is 7.19. The maximum absolute atomic E-state index is 12.4. The van der Waals surface area contributed by atoms with Gasteiger partial charge < -0.3 is 4.74 Å². The van der Waals surface area contributed by atoms with Crippen LogP contribution < -0.4 is 0 Å². The van der Waals surface area contributed by atoms with Gasteiger partial charge in [-0.05, 0) is 42.0 Å². The monoisotopic (exact) mass is 383 g/mol. The fraction of sp³-hybridized carbons (Fsp3) is 0.143. The summed E-state index contributed by atoms with van der Waals surface area (Å²) in [5, 5.41) is 0.704. The molecule has 0 aliphatic carbocycles. The minimum Gasteiger partial charge on any atom is -0.451 e. The van der Waals surface area contributed by atoms with Gasteiger partial charge in [-0.2, -0.15) is 0 Å². The predicted octanol–water partition coefficient (Wildman–Crippen LogP) is 5.55. The minimum absolute atomic E-state index is 0.244. The van der Waals surface area contributed by atoms with Crippen molar-refractivity contribution >= 4 is 29.3 Å². The van der Waals surface area contributed by atoms with E-state index in [0.717, 1.165) is 16.2 Å². The average Bonchev–Trinajstić information content (AvgIpc) is 2.69. The fourth-order valence-corrected chi connectivity index (χ4v) is 3.39. The molecule has 0 spiro atoms. The Balaban J connectivity index is 1.61. The zero-order valence-corrected chi connectivity index (χ0v) is 15.6. The molecule has 0 N–H and O–H groups in total. The van der Waals surface area contributed by atoms with Gasteiger partial charge in [0.15, 0.2) is 6.10 Å². The van der Waals surface area contributed by atoms with Crippen molar-refractivity contribution in [2.24, 2.45) is 0 Å². The summed E-state index contributed by atoms with van der Waals surface area (Å²) in [7, 11) is 0.